The maximum Gasteiger partial charge on any atom is 0 e. The summed E-state index contributed by atoms with van der Waals surface area (Å²) in [5.74, 6) is 0. The first-order valence-electron chi connectivity index (χ1n) is 18.2. The molecular formula is C48H70Cl4CoP6. The Kier molecular flexibility index (Phi) is 41.2. The average Bonchev–Trinajstić information content (AvgIpc) is 3.10. The molecule has 0 N–H and O–H groups in total. The van der Waals surface area contributed by atoms with E-state index in [1.54, 1.807) is 0 Å². The number of hydrogen-bond acceptors (Lipinski definition) is 0. The van der Waals surface area contributed by atoms with Gasteiger partial charge in [-0.05, 0) is 182 Å². The second-order valence-electron chi connectivity index (χ2n) is 14.1. The maximum atomic E-state index is 2.69. The van der Waals surface area contributed by atoms with Gasteiger partial charge in [0.2, 0.25) is 0 Å². The average molecular weight is 1030 g/mol. The Hall–Kier alpha value is -0.434. The van der Waals surface area contributed by atoms with Gasteiger partial charge < -0.3 is 0 Å². The van der Waals surface area contributed by atoms with Gasteiger partial charge in [-0.25, -0.2) is 0 Å². The molecule has 1 radical (unpaired) electrons. The van der Waals surface area contributed by atoms with E-state index in [4.69, 9.17) is 0 Å². The van der Waals surface area contributed by atoms with Crippen LogP contribution in [0.5, 0.6) is 0 Å². The SMILES string of the molecule is Cc1ccc(P)cc1C.Cc1ccc(P)cc1C.Cc1ccc(P)cc1C.Cc1ccc(P)cc1C.Cc1ccc(P)cc1C.Cc1ccc(P)cc1C.Cl.Cl.Cl.Cl.[Co]. The molecule has 0 fully saturated rings. The van der Waals surface area contributed by atoms with E-state index in [2.05, 4.69) is 248 Å². The molecule has 11 heteroatoms. The molecule has 59 heavy (non-hydrogen) atoms. The van der Waals surface area contributed by atoms with Crippen molar-refractivity contribution in [2.24, 2.45) is 0 Å². The van der Waals surface area contributed by atoms with E-state index in [-0.39, 0.29) is 66.4 Å². The van der Waals surface area contributed by atoms with Crippen LogP contribution >= 0.6 is 105 Å². The molecule has 0 nitrogen and oxygen atoms in total. The number of aryl methyl sites for hydroxylation is 12. The van der Waals surface area contributed by atoms with Crippen LogP contribution in [0.15, 0.2) is 109 Å². The van der Waals surface area contributed by atoms with Crippen LogP contribution in [0.1, 0.15) is 66.8 Å². The largest absolute Gasteiger partial charge is 0.147 e. The normalized spacial score (nSPS) is 8.85. The van der Waals surface area contributed by atoms with Crippen LogP contribution in [0.3, 0.4) is 0 Å². The first-order chi connectivity index (χ1) is 25.2. The molecule has 0 aliphatic heterocycles. The van der Waals surface area contributed by atoms with Gasteiger partial charge in [-0.15, -0.1) is 105 Å². The van der Waals surface area contributed by atoms with Crippen molar-refractivity contribution in [3.8, 4) is 0 Å². The van der Waals surface area contributed by atoms with Crippen LogP contribution in [-0.2, 0) is 16.8 Å². The Morgan fingerprint density at radius 2 is 0.305 bits per heavy atom. The first-order valence-corrected chi connectivity index (χ1v) is 21.6. The summed E-state index contributed by atoms with van der Waals surface area (Å²) in [5, 5.41) is 7.57. The van der Waals surface area contributed by atoms with Gasteiger partial charge in [0.15, 0.2) is 0 Å². The topological polar surface area (TPSA) is 0 Å². The van der Waals surface area contributed by atoms with Crippen molar-refractivity contribution in [3.05, 3.63) is 176 Å². The summed E-state index contributed by atoms with van der Waals surface area (Å²) in [6, 6.07) is 38.4. The fourth-order valence-corrected chi connectivity index (χ4v) is 6.67. The molecule has 6 rings (SSSR count). The number of rotatable bonds is 0. The van der Waals surface area contributed by atoms with Crippen LogP contribution in [0.2, 0.25) is 0 Å². The summed E-state index contributed by atoms with van der Waals surface area (Å²) in [4.78, 5) is 0. The van der Waals surface area contributed by atoms with Crippen molar-refractivity contribution < 1.29 is 16.8 Å². The van der Waals surface area contributed by atoms with Gasteiger partial charge in [-0.1, -0.05) is 109 Å². The third-order valence-electron chi connectivity index (χ3n) is 9.19. The molecule has 0 aliphatic rings. The van der Waals surface area contributed by atoms with E-state index in [1.165, 1.54) is 98.6 Å². The molecule has 0 saturated heterocycles. The van der Waals surface area contributed by atoms with Crippen molar-refractivity contribution in [1.29, 1.82) is 0 Å². The monoisotopic (exact) mass is 1030 g/mol. The Morgan fingerprint density at radius 1 is 0.203 bits per heavy atom. The Bertz CT molecular complexity index is 1710. The summed E-state index contributed by atoms with van der Waals surface area (Å²) in [7, 11) is 16.1. The molecule has 0 saturated carbocycles. The molecule has 6 aromatic rings. The summed E-state index contributed by atoms with van der Waals surface area (Å²) in [5.41, 5.74) is 16.4. The van der Waals surface area contributed by atoms with Gasteiger partial charge in [0.1, 0.15) is 0 Å². The van der Waals surface area contributed by atoms with E-state index < -0.39 is 0 Å². The quantitative estimate of drug-likeness (QED) is 0.133. The van der Waals surface area contributed by atoms with E-state index in [0.717, 1.165) is 0 Å². The molecule has 0 aromatic heterocycles. The van der Waals surface area contributed by atoms with Crippen molar-refractivity contribution in [1.82, 2.24) is 0 Å². The maximum absolute atomic E-state index is 2.69. The molecule has 329 valence electrons. The minimum atomic E-state index is 0. The van der Waals surface area contributed by atoms with Gasteiger partial charge in [0.05, 0.1) is 0 Å². The standard InChI is InChI=1S/6C8H11P.4ClH.Co/c6*1-6-3-4-8(9)5-7(6)2;;;;;/h6*3-5H,9H2,1-2H3;4*1H;. The smallest absolute Gasteiger partial charge is 0 e. The third kappa shape index (κ3) is 29.5. The van der Waals surface area contributed by atoms with E-state index in [9.17, 15) is 0 Å². The number of benzene rings is 6. The van der Waals surface area contributed by atoms with Crippen molar-refractivity contribution >= 4 is 137 Å². The summed E-state index contributed by atoms with van der Waals surface area (Å²) >= 11 is 0. The second-order valence-corrected chi connectivity index (χ2v) is 18.1. The summed E-state index contributed by atoms with van der Waals surface area (Å²) < 4.78 is 0. The number of hydrogen-bond donors (Lipinski definition) is 0. The zero-order valence-corrected chi connectivity index (χ0v) is 48.1. The van der Waals surface area contributed by atoms with Gasteiger partial charge in [0, 0.05) is 16.8 Å². The number of halogens is 4. The Balaban J connectivity index is -0.000000194. The molecule has 0 spiro atoms. The molecule has 0 aliphatic carbocycles. The third-order valence-corrected chi connectivity index (χ3v) is 11.3. The fourth-order valence-electron chi connectivity index (χ4n) is 4.59. The molecule has 0 amide bonds. The second kappa shape index (κ2) is 36.0. The molecule has 0 bridgehead atoms. The Morgan fingerprint density at radius 3 is 0.373 bits per heavy atom. The zero-order chi connectivity index (χ0) is 41.1. The molecule has 6 aromatic carbocycles. The minimum Gasteiger partial charge on any atom is -0.147 e. The van der Waals surface area contributed by atoms with Gasteiger partial charge >= 0.3 is 0 Å². The molecular weight excluding hydrogens is 963 g/mol. The van der Waals surface area contributed by atoms with Gasteiger partial charge in [-0.3, -0.25) is 0 Å². The van der Waals surface area contributed by atoms with Gasteiger partial charge in [0.25, 0.3) is 0 Å². The predicted octanol–water partition coefficient (Wildman–Crippen LogP) is 12.5. The van der Waals surface area contributed by atoms with Crippen LogP contribution in [-0.4, -0.2) is 0 Å². The van der Waals surface area contributed by atoms with E-state index in [1.807, 2.05) is 0 Å². The Labute approximate surface area is 409 Å². The van der Waals surface area contributed by atoms with E-state index >= 15 is 0 Å². The molecule has 0 heterocycles. The summed E-state index contributed by atoms with van der Waals surface area (Å²) in [6.45, 7) is 25.5. The van der Waals surface area contributed by atoms with Crippen LogP contribution < -0.4 is 31.8 Å². The van der Waals surface area contributed by atoms with Crippen molar-refractivity contribution in [2.75, 3.05) is 0 Å². The van der Waals surface area contributed by atoms with Crippen molar-refractivity contribution in [3.63, 3.8) is 0 Å². The van der Waals surface area contributed by atoms with Crippen molar-refractivity contribution in [2.45, 2.75) is 83.1 Å². The fraction of sp³-hybridized carbons (Fsp3) is 0.250. The summed E-state index contributed by atoms with van der Waals surface area (Å²) in [6.07, 6.45) is 0. The van der Waals surface area contributed by atoms with E-state index in [0.29, 0.717) is 0 Å². The van der Waals surface area contributed by atoms with Crippen LogP contribution in [0.4, 0.5) is 0 Å². The zero-order valence-electron chi connectivity index (χ0n) is 36.8. The predicted molar refractivity (Wildman–Crippen MR) is 301 cm³/mol. The molecule has 6 unspecified atom stereocenters. The molecule has 6 atom stereocenters. The van der Waals surface area contributed by atoms with Gasteiger partial charge in [-0.2, -0.15) is 0 Å². The van der Waals surface area contributed by atoms with Crippen LogP contribution in [0, 0.1) is 83.1 Å². The first kappa shape index (κ1) is 67.6. The minimum absolute atomic E-state index is 0. The van der Waals surface area contributed by atoms with Crippen LogP contribution in [0.25, 0.3) is 0 Å².